The quantitative estimate of drug-likeness (QED) is 0.204. The lowest BCUT2D eigenvalue weighted by molar-refractivity contribution is -0.385. The predicted molar refractivity (Wildman–Crippen MR) is 131 cm³/mol. The highest BCUT2D eigenvalue weighted by molar-refractivity contribution is 9.10. The highest BCUT2D eigenvalue weighted by atomic mass is 79.9. The molecule has 1 fully saturated rings. The molecule has 0 unspecified atom stereocenters. The first-order valence-corrected chi connectivity index (χ1v) is 11.0. The number of hydrogen-bond donors (Lipinski definition) is 2. The molecule has 2 N–H and O–H groups in total. The minimum absolute atomic E-state index is 0.0759. The summed E-state index contributed by atoms with van der Waals surface area (Å²) in [5.74, 6) is -2.13. The number of amides is 3. The molecule has 35 heavy (non-hydrogen) atoms. The normalized spacial score (nSPS) is 14.1. The molecule has 10 nitrogen and oxygen atoms in total. The van der Waals surface area contributed by atoms with Crippen LogP contribution in [0.1, 0.15) is 5.56 Å². The van der Waals surface area contributed by atoms with Gasteiger partial charge in [-0.1, -0.05) is 52.3 Å². The number of anilines is 2. The minimum Gasteiger partial charge on any atom is -0.476 e. The van der Waals surface area contributed by atoms with E-state index in [9.17, 15) is 24.5 Å². The van der Waals surface area contributed by atoms with Gasteiger partial charge >= 0.3 is 5.69 Å². The van der Waals surface area contributed by atoms with Crippen molar-refractivity contribution in [2.45, 2.75) is 0 Å². The molecule has 4 rings (SSSR count). The van der Waals surface area contributed by atoms with Crippen molar-refractivity contribution in [2.75, 3.05) is 16.9 Å². The van der Waals surface area contributed by atoms with Crippen LogP contribution in [0.15, 0.2) is 82.8 Å². The molecule has 0 radical (unpaired) electrons. The maximum Gasteiger partial charge on any atom is 0.312 e. The third-order valence-electron chi connectivity index (χ3n) is 4.87. The number of benzene rings is 3. The van der Waals surface area contributed by atoms with Crippen molar-refractivity contribution in [3.05, 3.63) is 98.5 Å². The average molecular weight is 537 g/mol. The number of carbonyl (C=O) groups is 3. The summed E-state index contributed by atoms with van der Waals surface area (Å²) in [7, 11) is 0. The van der Waals surface area contributed by atoms with Crippen molar-refractivity contribution in [3.63, 3.8) is 0 Å². The third kappa shape index (κ3) is 5.36. The lowest BCUT2D eigenvalue weighted by Gasteiger charge is -2.14. The Morgan fingerprint density at radius 3 is 2.40 bits per heavy atom. The maximum absolute atomic E-state index is 12.9. The minimum atomic E-state index is -0.686. The first-order valence-electron chi connectivity index (χ1n) is 10.2. The van der Waals surface area contributed by atoms with Gasteiger partial charge in [0.05, 0.1) is 10.6 Å². The van der Waals surface area contributed by atoms with E-state index >= 15 is 0 Å². The van der Waals surface area contributed by atoms with Gasteiger partial charge in [0.15, 0.2) is 6.61 Å². The molecule has 11 heteroatoms. The van der Waals surface area contributed by atoms with Crippen molar-refractivity contribution < 1.29 is 24.0 Å². The van der Waals surface area contributed by atoms with Crippen molar-refractivity contribution in [1.82, 2.24) is 5.43 Å². The Kier molecular flexibility index (Phi) is 6.88. The molecule has 1 saturated heterocycles. The number of nitrogens with zero attached hydrogens (tertiary/aromatic N) is 2. The third-order valence-corrected chi connectivity index (χ3v) is 5.33. The highest BCUT2D eigenvalue weighted by Crippen LogP contribution is 2.36. The second kappa shape index (κ2) is 10.2. The first kappa shape index (κ1) is 23.6. The number of ether oxygens (including phenoxy) is 1. The Hall–Kier alpha value is -4.51. The van der Waals surface area contributed by atoms with Crippen LogP contribution in [0.5, 0.6) is 5.75 Å². The second-order valence-corrected chi connectivity index (χ2v) is 8.19. The fourth-order valence-corrected chi connectivity index (χ4v) is 3.79. The largest absolute Gasteiger partial charge is 0.476 e. The molecule has 0 aliphatic carbocycles. The molecular weight excluding hydrogens is 520 g/mol. The topological polar surface area (TPSA) is 131 Å². The molecule has 0 atom stereocenters. The smallest absolute Gasteiger partial charge is 0.312 e. The van der Waals surface area contributed by atoms with E-state index < -0.39 is 34.9 Å². The molecule has 0 spiro atoms. The van der Waals surface area contributed by atoms with Gasteiger partial charge in [0.2, 0.25) is 5.75 Å². The summed E-state index contributed by atoms with van der Waals surface area (Å²) in [4.78, 5) is 48.8. The van der Waals surface area contributed by atoms with E-state index in [0.29, 0.717) is 15.8 Å². The standard InChI is InChI=1S/C24H17BrN4O6/c25-16-11-15(12-19-23(31)27-28(24(19)32)18-9-5-2-6-10-18)22(20(13-16)29(33)34)35-14-21(30)26-17-7-3-1-4-8-17/h1-13H,14H2,(H,26,30)(H,27,31)/b19-12-. The van der Waals surface area contributed by atoms with Crippen LogP contribution >= 0.6 is 15.9 Å². The lowest BCUT2D eigenvalue weighted by atomic mass is 10.1. The van der Waals surface area contributed by atoms with Crippen LogP contribution in [-0.2, 0) is 14.4 Å². The van der Waals surface area contributed by atoms with E-state index in [1.54, 1.807) is 60.7 Å². The van der Waals surface area contributed by atoms with Gasteiger partial charge in [0.1, 0.15) is 5.57 Å². The van der Waals surface area contributed by atoms with E-state index in [1.807, 2.05) is 0 Å². The summed E-state index contributed by atoms with van der Waals surface area (Å²) in [6, 6.07) is 19.8. The number of nitrogens with one attached hydrogen (secondary N) is 2. The van der Waals surface area contributed by atoms with Crippen LogP contribution < -0.4 is 20.5 Å². The molecule has 3 aromatic carbocycles. The number of hydrazine groups is 1. The fourth-order valence-electron chi connectivity index (χ4n) is 3.33. The summed E-state index contributed by atoms with van der Waals surface area (Å²) < 4.78 is 5.86. The van der Waals surface area contributed by atoms with E-state index in [0.717, 1.165) is 5.01 Å². The molecule has 0 bridgehead atoms. The molecule has 1 heterocycles. The molecule has 1 aliphatic rings. The number of nitro groups is 1. The van der Waals surface area contributed by atoms with E-state index in [4.69, 9.17) is 4.74 Å². The summed E-state index contributed by atoms with van der Waals surface area (Å²) in [6.45, 7) is -0.538. The Labute approximate surface area is 207 Å². The summed E-state index contributed by atoms with van der Waals surface area (Å²) in [6.07, 6.45) is 1.20. The van der Waals surface area contributed by atoms with Crippen LogP contribution in [0.25, 0.3) is 6.08 Å². The van der Waals surface area contributed by atoms with Crippen molar-refractivity contribution >= 4 is 56.8 Å². The van der Waals surface area contributed by atoms with Gasteiger partial charge in [0, 0.05) is 21.8 Å². The fraction of sp³-hybridized carbons (Fsp3) is 0.0417. The van der Waals surface area contributed by atoms with Crippen LogP contribution in [0.4, 0.5) is 17.1 Å². The van der Waals surface area contributed by atoms with Gasteiger partial charge in [-0.05, 0) is 36.4 Å². The number of rotatable bonds is 7. The van der Waals surface area contributed by atoms with Crippen LogP contribution in [0, 0.1) is 10.1 Å². The molecule has 1 aliphatic heterocycles. The SMILES string of the molecule is O=C(COc1c(/C=C2/C(=O)NN(c3ccccc3)C2=O)cc(Br)cc1[N+](=O)[O-])Nc1ccccc1. The molecule has 3 aromatic rings. The van der Waals surface area contributed by atoms with Gasteiger partial charge in [-0.2, -0.15) is 0 Å². The monoisotopic (exact) mass is 536 g/mol. The van der Waals surface area contributed by atoms with E-state index in [1.165, 1.54) is 18.2 Å². The number of para-hydroxylation sites is 2. The summed E-state index contributed by atoms with van der Waals surface area (Å²) in [5.41, 5.74) is 2.83. The maximum atomic E-state index is 12.9. The van der Waals surface area contributed by atoms with Gasteiger partial charge in [-0.3, -0.25) is 29.9 Å². The Balaban J connectivity index is 1.65. The highest BCUT2D eigenvalue weighted by Gasteiger charge is 2.35. The Morgan fingerprint density at radius 1 is 1.09 bits per heavy atom. The Bertz CT molecular complexity index is 1340. The number of halogens is 1. The van der Waals surface area contributed by atoms with Crippen LogP contribution in [0.2, 0.25) is 0 Å². The van der Waals surface area contributed by atoms with Crippen molar-refractivity contribution in [3.8, 4) is 5.75 Å². The first-order chi connectivity index (χ1) is 16.8. The van der Waals surface area contributed by atoms with E-state index in [2.05, 4.69) is 26.7 Å². The number of nitro benzene ring substituents is 1. The molecule has 0 aromatic heterocycles. The predicted octanol–water partition coefficient (Wildman–Crippen LogP) is 3.84. The average Bonchev–Trinajstić information content (AvgIpc) is 3.12. The van der Waals surface area contributed by atoms with Gasteiger partial charge in [-0.25, -0.2) is 5.01 Å². The van der Waals surface area contributed by atoms with Crippen molar-refractivity contribution in [1.29, 1.82) is 0 Å². The zero-order valence-corrected chi connectivity index (χ0v) is 19.5. The van der Waals surface area contributed by atoms with Crippen LogP contribution in [-0.4, -0.2) is 29.3 Å². The molecule has 176 valence electrons. The summed E-state index contributed by atoms with van der Waals surface area (Å²) >= 11 is 3.20. The molecule has 0 saturated carbocycles. The van der Waals surface area contributed by atoms with E-state index in [-0.39, 0.29) is 16.9 Å². The summed E-state index contributed by atoms with van der Waals surface area (Å²) in [5, 5.41) is 15.4. The molecular formula is C24H17BrN4O6. The zero-order valence-electron chi connectivity index (χ0n) is 17.9. The second-order valence-electron chi connectivity index (χ2n) is 7.28. The lowest BCUT2D eigenvalue weighted by Crippen LogP contribution is -2.35. The number of carbonyl (C=O) groups excluding carboxylic acids is 3. The number of hydrogen-bond acceptors (Lipinski definition) is 6. The van der Waals surface area contributed by atoms with Gasteiger partial charge in [0.25, 0.3) is 17.7 Å². The Morgan fingerprint density at radius 2 is 1.74 bits per heavy atom. The van der Waals surface area contributed by atoms with Crippen molar-refractivity contribution in [2.24, 2.45) is 0 Å². The van der Waals surface area contributed by atoms with Gasteiger partial charge < -0.3 is 10.1 Å². The van der Waals surface area contributed by atoms with Crippen LogP contribution in [0.3, 0.4) is 0 Å². The zero-order chi connectivity index (χ0) is 24.9. The van der Waals surface area contributed by atoms with Gasteiger partial charge in [-0.15, -0.1) is 0 Å². The molecule has 3 amide bonds.